The first-order valence-electron chi connectivity index (χ1n) is 6.62. The zero-order valence-corrected chi connectivity index (χ0v) is 11.3. The van der Waals surface area contributed by atoms with Gasteiger partial charge < -0.3 is 5.73 Å². The molecule has 3 rings (SSSR count). The molecular formula is C18H13FN2. The minimum Gasteiger partial charge on any atom is -0.325 e. The molecule has 0 atom stereocenters. The van der Waals surface area contributed by atoms with E-state index in [1.54, 1.807) is 12.1 Å². The molecule has 0 aliphatic heterocycles. The van der Waals surface area contributed by atoms with Crippen LogP contribution in [-0.4, -0.2) is 4.98 Å². The SMILES string of the molecule is NCc1ccc2cc(C#Cc3ccc(F)cc3)ccc2n1. The molecule has 0 saturated heterocycles. The first kappa shape index (κ1) is 13.3. The fraction of sp³-hybridized carbons (Fsp3) is 0.0556. The molecule has 2 aromatic carbocycles. The lowest BCUT2D eigenvalue weighted by Gasteiger charge is -2.01. The summed E-state index contributed by atoms with van der Waals surface area (Å²) >= 11 is 0. The number of hydrogen-bond donors (Lipinski definition) is 1. The molecule has 102 valence electrons. The van der Waals surface area contributed by atoms with Crippen molar-refractivity contribution in [1.29, 1.82) is 0 Å². The van der Waals surface area contributed by atoms with Crippen molar-refractivity contribution < 1.29 is 4.39 Å². The van der Waals surface area contributed by atoms with Crippen LogP contribution in [0, 0.1) is 17.7 Å². The van der Waals surface area contributed by atoms with Gasteiger partial charge in [0.25, 0.3) is 0 Å². The molecule has 0 spiro atoms. The normalized spacial score (nSPS) is 10.2. The third-order valence-electron chi connectivity index (χ3n) is 3.15. The summed E-state index contributed by atoms with van der Waals surface area (Å²) in [4.78, 5) is 4.45. The van der Waals surface area contributed by atoms with E-state index in [2.05, 4.69) is 16.8 Å². The topological polar surface area (TPSA) is 38.9 Å². The summed E-state index contributed by atoms with van der Waals surface area (Å²) in [7, 11) is 0. The summed E-state index contributed by atoms with van der Waals surface area (Å²) in [5.74, 6) is 5.84. The van der Waals surface area contributed by atoms with Gasteiger partial charge in [-0.1, -0.05) is 17.9 Å². The van der Waals surface area contributed by atoms with Crippen LogP contribution in [0.25, 0.3) is 10.9 Å². The standard InChI is InChI=1S/C18H13FN2/c19-16-7-3-13(4-8-16)1-2-14-5-10-18-15(11-14)6-9-17(12-20)21-18/h3-11H,12,20H2. The minimum absolute atomic E-state index is 0.256. The highest BCUT2D eigenvalue weighted by Gasteiger charge is 1.98. The van der Waals surface area contributed by atoms with Crippen LogP contribution in [0.2, 0.25) is 0 Å². The van der Waals surface area contributed by atoms with Crippen molar-refractivity contribution in [3.63, 3.8) is 0 Å². The lowest BCUT2D eigenvalue weighted by molar-refractivity contribution is 0.627. The maximum Gasteiger partial charge on any atom is 0.123 e. The Morgan fingerprint density at radius 1 is 0.905 bits per heavy atom. The summed E-state index contributed by atoms with van der Waals surface area (Å²) in [5, 5.41) is 1.03. The third-order valence-corrected chi connectivity index (χ3v) is 3.15. The number of halogens is 1. The van der Waals surface area contributed by atoms with E-state index in [9.17, 15) is 4.39 Å². The molecule has 0 aliphatic rings. The number of hydrogen-bond acceptors (Lipinski definition) is 2. The van der Waals surface area contributed by atoms with Crippen LogP contribution >= 0.6 is 0 Å². The Hall–Kier alpha value is -2.70. The second kappa shape index (κ2) is 5.74. The molecule has 0 amide bonds. The molecule has 1 heterocycles. The molecule has 21 heavy (non-hydrogen) atoms. The largest absolute Gasteiger partial charge is 0.325 e. The maximum atomic E-state index is 12.8. The van der Waals surface area contributed by atoms with Gasteiger partial charge in [-0.2, -0.15) is 0 Å². The Balaban J connectivity index is 1.93. The number of nitrogens with zero attached hydrogens (tertiary/aromatic N) is 1. The molecule has 0 saturated carbocycles. The number of fused-ring (bicyclic) bond motifs is 1. The Morgan fingerprint density at radius 2 is 1.62 bits per heavy atom. The number of nitrogens with two attached hydrogens (primary N) is 1. The fourth-order valence-corrected chi connectivity index (χ4v) is 2.04. The molecule has 0 fully saturated rings. The predicted molar refractivity (Wildman–Crippen MR) is 82.0 cm³/mol. The van der Waals surface area contributed by atoms with Crippen molar-refractivity contribution in [1.82, 2.24) is 4.98 Å². The van der Waals surface area contributed by atoms with E-state index in [1.165, 1.54) is 12.1 Å². The van der Waals surface area contributed by atoms with Gasteiger partial charge in [-0.15, -0.1) is 0 Å². The molecule has 0 radical (unpaired) electrons. The van der Waals surface area contributed by atoms with E-state index in [1.807, 2.05) is 30.3 Å². The van der Waals surface area contributed by atoms with Gasteiger partial charge in [0.05, 0.1) is 11.2 Å². The number of rotatable bonds is 1. The number of benzene rings is 2. The van der Waals surface area contributed by atoms with Gasteiger partial charge in [0.1, 0.15) is 5.82 Å². The van der Waals surface area contributed by atoms with E-state index in [0.29, 0.717) is 6.54 Å². The molecule has 0 bridgehead atoms. The number of pyridine rings is 1. The van der Waals surface area contributed by atoms with Crippen molar-refractivity contribution in [2.45, 2.75) is 6.54 Å². The van der Waals surface area contributed by atoms with Crippen LogP contribution in [-0.2, 0) is 6.54 Å². The molecule has 3 aromatic rings. The molecule has 1 aromatic heterocycles. The van der Waals surface area contributed by atoms with E-state index in [0.717, 1.165) is 27.7 Å². The molecule has 0 unspecified atom stereocenters. The lowest BCUT2D eigenvalue weighted by Crippen LogP contribution is -1.99. The fourth-order valence-electron chi connectivity index (χ4n) is 2.04. The van der Waals surface area contributed by atoms with Crippen molar-refractivity contribution >= 4 is 10.9 Å². The average molecular weight is 276 g/mol. The van der Waals surface area contributed by atoms with Gasteiger partial charge in [-0.25, -0.2) is 4.39 Å². The Morgan fingerprint density at radius 3 is 2.38 bits per heavy atom. The van der Waals surface area contributed by atoms with Gasteiger partial charge in [-0.3, -0.25) is 4.98 Å². The second-order valence-electron chi connectivity index (χ2n) is 4.67. The van der Waals surface area contributed by atoms with Crippen LogP contribution < -0.4 is 5.73 Å². The highest BCUT2D eigenvalue weighted by Crippen LogP contribution is 2.14. The summed E-state index contributed by atoms with van der Waals surface area (Å²) in [5.41, 5.74) is 9.04. The second-order valence-corrected chi connectivity index (χ2v) is 4.67. The molecular weight excluding hydrogens is 263 g/mol. The zero-order chi connectivity index (χ0) is 14.7. The van der Waals surface area contributed by atoms with Crippen molar-refractivity contribution in [3.05, 3.63) is 77.2 Å². The van der Waals surface area contributed by atoms with Gasteiger partial charge >= 0.3 is 0 Å². The summed E-state index contributed by atoms with van der Waals surface area (Å²) in [6, 6.07) is 15.9. The molecule has 2 nitrogen and oxygen atoms in total. The third kappa shape index (κ3) is 3.07. The average Bonchev–Trinajstić information content (AvgIpc) is 2.53. The van der Waals surface area contributed by atoms with Crippen molar-refractivity contribution in [3.8, 4) is 11.8 Å². The summed E-state index contributed by atoms with van der Waals surface area (Å²) in [6.45, 7) is 0.433. The van der Waals surface area contributed by atoms with Gasteiger partial charge in [0, 0.05) is 23.1 Å². The quantitative estimate of drug-likeness (QED) is 0.693. The van der Waals surface area contributed by atoms with Crippen molar-refractivity contribution in [2.24, 2.45) is 5.73 Å². The first-order valence-corrected chi connectivity index (χ1v) is 6.62. The highest BCUT2D eigenvalue weighted by atomic mass is 19.1. The van der Waals surface area contributed by atoms with Crippen molar-refractivity contribution in [2.75, 3.05) is 0 Å². The number of aromatic nitrogens is 1. The van der Waals surface area contributed by atoms with Gasteiger partial charge in [0.15, 0.2) is 0 Å². The van der Waals surface area contributed by atoms with E-state index < -0.39 is 0 Å². The minimum atomic E-state index is -0.256. The van der Waals surface area contributed by atoms with E-state index >= 15 is 0 Å². The summed E-state index contributed by atoms with van der Waals surface area (Å²) in [6.07, 6.45) is 0. The highest BCUT2D eigenvalue weighted by molar-refractivity contribution is 5.80. The monoisotopic (exact) mass is 276 g/mol. The zero-order valence-electron chi connectivity index (χ0n) is 11.3. The smallest absolute Gasteiger partial charge is 0.123 e. The van der Waals surface area contributed by atoms with Crippen LogP contribution in [0.5, 0.6) is 0 Å². The van der Waals surface area contributed by atoms with Crippen LogP contribution in [0.1, 0.15) is 16.8 Å². The van der Waals surface area contributed by atoms with Gasteiger partial charge in [0.2, 0.25) is 0 Å². The van der Waals surface area contributed by atoms with Crippen LogP contribution in [0.15, 0.2) is 54.6 Å². The van der Waals surface area contributed by atoms with E-state index in [-0.39, 0.29) is 5.82 Å². The van der Waals surface area contributed by atoms with Gasteiger partial charge in [-0.05, 0) is 48.5 Å². The maximum absolute atomic E-state index is 12.8. The predicted octanol–water partition coefficient (Wildman–Crippen LogP) is 3.23. The lowest BCUT2D eigenvalue weighted by atomic mass is 10.1. The summed E-state index contributed by atoms with van der Waals surface area (Å²) < 4.78 is 12.8. The Labute approximate surface area is 122 Å². The van der Waals surface area contributed by atoms with Crippen LogP contribution in [0.3, 0.4) is 0 Å². The Kier molecular flexibility index (Phi) is 3.63. The molecule has 2 N–H and O–H groups in total. The Bertz CT molecular complexity index is 842. The first-order chi connectivity index (χ1) is 10.2. The van der Waals surface area contributed by atoms with E-state index in [4.69, 9.17) is 5.73 Å². The molecule has 0 aliphatic carbocycles. The van der Waals surface area contributed by atoms with Crippen LogP contribution in [0.4, 0.5) is 4.39 Å². The molecule has 3 heteroatoms.